The van der Waals surface area contributed by atoms with Crippen LogP contribution in [-0.2, 0) is 6.54 Å². The molecule has 0 saturated heterocycles. The van der Waals surface area contributed by atoms with Crippen LogP contribution < -0.4 is 10.6 Å². The second kappa shape index (κ2) is 6.88. The molecule has 2 atom stereocenters. The van der Waals surface area contributed by atoms with E-state index < -0.39 is 0 Å². The van der Waals surface area contributed by atoms with E-state index in [1.807, 2.05) is 6.07 Å². The highest BCUT2D eigenvalue weighted by Gasteiger charge is 2.33. The van der Waals surface area contributed by atoms with Gasteiger partial charge in [0.25, 0.3) is 0 Å². The average molecular weight is 349 g/mol. The summed E-state index contributed by atoms with van der Waals surface area (Å²) in [6, 6.07) is 2.54. The van der Waals surface area contributed by atoms with Crippen LogP contribution in [0.15, 0.2) is 28.0 Å². The van der Waals surface area contributed by atoms with Gasteiger partial charge in [0.15, 0.2) is 5.96 Å². The first kappa shape index (κ1) is 14.3. The lowest BCUT2D eigenvalue weighted by molar-refractivity contribution is 0.564. The number of rotatable bonds is 4. The molecule has 0 bridgehead atoms. The predicted octanol–water partition coefficient (Wildman–Crippen LogP) is 2.36. The van der Waals surface area contributed by atoms with Crippen molar-refractivity contribution in [2.45, 2.75) is 32.9 Å². The summed E-state index contributed by atoms with van der Waals surface area (Å²) in [7, 11) is 0. The maximum absolute atomic E-state index is 5.01. The lowest BCUT2D eigenvalue weighted by Gasteiger charge is -2.10. The van der Waals surface area contributed by atoms with Gasteiger partial charge in [-0.15, -0.1) is 24.0 Å². The Morgan fingerprint density at radius 1 is 1.59 bits per heavy atom. The topological polar surface area (TPSA) is 49.6 Å². The van der Waals surface area contributed by atoms with E-state index >= 15 is 0 Å². The van der Waals surface area contributed by atoms with Gasteiger partial charge in [-0.25, -0.2) is 4.99 Å². The number of hydrogen-bond donors (Lipinski definition) is 2. The van der Waals surface area contributed by atoms with Gasteiger partial charge in [0.2, 0.25) is 0 Å². The minimum absolute atomic E-state index is 0. The molecule has 1 aromatic rings. The van der Waals surface area contributed by atoms with Gasteiger partial charge in [-0.3, -0.25) is 0 Å². The van der Waals surface area contributed by atoms with E-state index in [-0.39, 0.29) is 24.0 Å². The molecule has 17 heavy (non-hydrogen) atoms. The zero-order chi connectivity index (χ0) is 11.4. The Bertz CT molecular complexity index is 351. The number of furan rings is 1. The monoisotopic (exact) mass is 349 g/mol. The fourth-order valence-corrected chi connectivity index (χ4v) is 1.57. The third kappa shape index (κ3) is 4.57. The van der Waals surface area contributed by atoms with Crippen molar-refractivity contribution in [3.63, 3.8) is 0 Å². The molecule has 1 saturated carbocycles. The summed E-state index contributed by atoms with van der Waals surface area (Å²) in [5.41, 5.74) is 1.10. The molecule has 2 unspecified atom stereocenters. The maximum Gasteiger partial charge on any atom is 0.191 e. The van der Waals surface area contributed by atoms with Crippen LogP contribution in [0, 0.1) is 5.92 Å². The normalized spacial score (nSPS) is 22.8. The average Bonchev–Trinajstić information content (AvgIpc) is 2.80. The molecule has 0 aliphatic heterocycles. The molecule has 0 radical (unpaired) electrons. The van der Waals surface area contributed by atoms with Gasteiger partial charge in [0.1, 0.15) is 0 Å². The smallest absolute Gasteiger partial charge is 0.191 e. The Morgan fingerprint density at radius 3 is 2.88 bits per heavy atom. The van der Waals surface area contributed by atoms with Gasteiger partial charge in [-0.05, 0) is 25.3 Å². The van der Waals surface area contributed by atoms with E-state index in [1.165, 1.54) is 6.42 Å². The van der Waals surface area contributed by atoms with E-state index in [2.05, 4.69) is 29.5 Å². The first-order chi connectivity index (χ1) is 7.79. The van der Waals surface area contributed by atoms with Gasteiger partial charge in [0.05, 0.1) is 19.1 Å². The molecule has 1 aliphatic carbocycles. The molecule has 5 heteroatoms. The van der Waals surface area contributed by atoms with Crippen molar-refractivity contribution < 1.29 is 4.42 Å². The summed E-state index contributed by atoms with van der Waals surface area (Å²) >= 11 is 0. The van der Waals surface area contributed by atoms with E-state index in [0.717, 1.165) is 24.0 Å². The standard InChI is InChI=1S/C12H19N3O.HI/c1-3-13-12(15-11-6-9(11)2)14-7-10-4-5-16-8-10;/h4-5,8-9,11H,3,6-7H2,1-2H3,(H2,13,14,15);1H. The Balaban J connectivity index is 0.00000144. The number of nitrogens with zero attached hydrogens (tertiary/aromatic N) is 1. The fourth-order valence-electron chi connectivity index (χ4n) is 1.57. The van der Waals surface area contributed by atoms with Crippen LogP contribution in [0.3, 0.4) is 0 Å². The Morgan fingerprint density at radius 2 is 2.35 bits per heavy atom. The minimum Gasteiger partial charge on any atom is -0.472 e. The highest BCUT2D eigenvalue weighted by atomic mass is 127. The molecule has 0 spiro atoms. The van der Waals surface area contributed by atoms with Crippen molar-refractivity contribution in [3.8, 4) is 0 Å². The fraction of sp³-hybridized carbons (Fsp3) is 0.583. The molecule has 96 valence electrons. The molecule has 1 heterocycles. The van der Waals surface area contributed by atoms with Crippen molar-refractivity contribution in [2.75, 3.05) is 6.54 Å². The van der Waals surface area contributed by atoms with Gasteiger partial charge in [-0.1, -0.05) is 6.92 Å². The number of halogens is 1. The first-order valence-corrected chi connectivity index (χ1v) is 5.85. The molecule has 0 aromatic carbocycles. The predicted molar refractivity (Wildman–Crippen MR) is 79.6 cm³/mol. The highest BCUT2D eigenvalue weighted by Crippen LogP contribution is 2.28. The molecule has 4 nitrogen and oxygen atoms in total. The first-order valence-electron chi connectivity index (χ1n) is 5.85. The summed E-state index contributed by atoms with van der Waals surface area (Å²) in [6.07, 6.45) is 4.65. The van der Waals surface area contributed by atoms with Crippen molar-refractivity contribution in [2.24, 2.45) is 10.9 Å². The van der Waals surface area contributed by atoms with Gasteiger partial charge >= 0.3 is 0 Å². The second-order valence-electron chi connectivity index (χ2n) is 4.29. The Kier molecular flexibility index (Phi) is 5.80. The van der Waals surface area contributed by atoms with Crippen LogP contribution in [0.1, 0.15) is 25.8 Å². The molecule has 2 N–H and O–H groups in total. The minimum atomic E-state index is 0. The summed E-state index contributed by atoms with van der Waals surface area (Å²) in [4.78, 5) is 4.50. The van der Waals surface area contributed by atoms with Crippen molar-refractivity contribution in [1.82, 2.24) is 10.6 Å². The number of hydrogen-bond acceptors (Lipinski definition) is 2. The summed E-state index contributed by atoms with van der Waals surface area (Å²) in [5, 5.41) is 6.66. The maximum atomic E-state index is 5.01. The van der Waals surface area contributed by atoms with Crippen LogP contribution in [-0.4, -0.2) is 18.5 Å². The van der Waals surface area contributed by atoms with Gasteiger partial charge in [-0.2, -0.15) is 0 Å². The molecule has 2 rings (SSSR count). The van der Waals surface area contributed by atoms with Crippen LogP contribution in [0.25, 0.3) is 0 Å². The van der Waals surface area contributed by atoms with Crippen LogP contribution >= 0.6 is 24.0 Å². The van der Waals surface area contributed by atoms with E-state index in [9.17, 15) is 0 Å². The lowest BCUT2D eigenvalue weighted by atomic mass is 10.3. The van der Waals surface area contributed by atoms with E-state index in [1.54, 1.807) is 12.5 Å². The Labute approximate surface area is 119 Å². The molecule has 0 amide bonds. The molecular weight excluding hydrogens is 329 g/mol. The van der Waals surface area contributed by atoms with Crippen molar-refractivity contribution in [1.29, 1.82) is 0 Å². The van der Waals surface area contributed by atoms with Crippen LogP contribution in [0.2, 0.25) is 0 Å². The van der Waals surface area contributed by atoms with E-state index in [0.29, 0.717) is 12.6 Å². The quantitative estimate of drug-likeness (QED) is 0.499. The number of aliphatic imine (C=N–C) groups is 1. The van der Waals surface area contributed by atoms with Crippen molar-refractivity contribution >= 4 is 29.9 Å². The van der Waals surface area contributed by atoms with Gasteiger partial charge < -0.3 is 15.1 Å². The van der Waals surface area contributed by atoms with Crippen molar-refractivity contribution in [3.05, 3.63) is 24.2 Å². The van der Waals surface area contributed by atoms with Crippen LogP contribution in [0.5, 0.6) is 0 Å². The largest absolute Gasteiger partial charge is 0.472 e. The highest BCUT2D eigenvalue weighted by molar-refractivity contribution is 14.0. The summed E-state index contributed by atoms with van der Waals surface area (Å²) in [6.45, 7) is 5.87. The third-order valence-corrected chi connectivity index (χ3v) is 2.78. The lowest BCUT2D eigenvalue weighted by Crippen LogP contribution is -2.39. The summed E-state index contributed by atoms with van der Waals surface area (Å²) in [5.74, 6) is 1.68. The van der Waals surface area contributed by atoms with Gasteiger partial charge in [0, 0.05) is 18.2 Å². The molecular formula is C12H20IN3O. The SMILES string of the molecule is CCNC(=NCc1ccoc1)NC1CC1C.I. The zero-order valence-corrected chi connectivity index (χ0v) is 12.6. The Hall–Kier alpha value is -0.720. The zero-order valence-electron chi connectivity index (χ0n) is 10.3. The molecule has 1 aromatic heterocycles. The molecule has 1 aliphatic rings. The number of guanidine groups is 1. The second-order valence-corrected chi connectivity index (χ2v) is 4.29. The van der Waals surface area contributed by atoms with Crippen LogP contribution in [0.4, 0.5) is 0 Å². The third-order valence-electron chi connectivity index (χ3n) is 2.78. The number of nitrogens with one attached hydrogen (secondary N) is 2. The summed E-state index contributed by atoms with van der Waals surface area (Å²) < 4.78 is 5.01. The van der Waals surface area contributed by atoms with E-state index in [4.69, 9.17) is 4.42 Å². The molecule has 1 fully saturated rings.